The zero-order valence-electron chi connectivity index (χ0n) is 14.5. The quantitative estimate of drug-likeness (QED) is 0.279. The second kappa shape index (κ2) is 14.0. The van der Waals surface area contributed by atoms with Crippen molar-refractivity contribution >= 4 is 0 Å². The summed E-state index contributed by atoms with van der Waals surface area (Å²) in [7, 11) is 0. The third-order valence-electron chi connectivity index (χ3n) is 4.13. The van der Waals surface area contributed by atoms with Crippen LogP contribution in [0, 0.1) is 0 Å². The van der Waals surface area contributed by atoms with Gasteiger partial charge in [-0.15, -0.1) is 0 Å². The fourth-order valence-electron chi connectivity index (χ4n) is 2.69. The van der Waals surface area contributed by atoms with Crippen molar-refractivity contribution in [2.45, 2.75) is 89.0 Å². The average molecular weight is 342 g/mol. The zero-order chi connectivity index (χ0) is 16.4. The number of aliphatic hydroxyl groups is 3. The molecule has 0 aromatic rings. The van der Waals surface area contributed by atoms with Crippen LogP contribution in [0.25, 0.3) is 0 Å². The van der Waals surface area contributed by atoms with E-state index >= 15 is 0 Å². The van der Waals surface area contributed by atoms with Crippen molar-refractivity contribution in [2.24, 2.45) is 0 Å². The van der Waals surface area contributed by atoms with Gasteiger partial charge in [0, 0.05) is 12.9 Å². The van der Waals surface area contributed by atoms with E-state index in [9.17, 15) is 15.3 Å². The fraction of sp³-hybridized carbons (Fsp3) is 1.00. The number of hydrogen-bond donors (Lipinski definition) is 3. The van der Waals surface area contributed by atoms with E-state index in [2.05, 4.69) is 6.92 Å². The summed E-state index contributed by atoms with van der Waals surface area (Å²) in [6.45, 7) is 2.07. The largest absolute Gasteiger partial charge is 1.00 e. The Bertz CT molecular complexity index is 281. The predicted octanol–water partition coefficient (Wildman–Crippen LogP) is -2.68. The van der Waals surface area contributed by atoms with E-state index in [1.807, 2.05) is 0 Å². The van der Waals surface area contributed by atoms with Crippen molar-refractivity contribution in [3.05, 3.63) is 0 Å². The molecule has 0 saturated carbocycles. The summed E-state index contributed by atoms with van der Waals surface area (Å²) in [5.41, 5.74) is 0. The minimum atomic E-state index is -1.58. The smallest absolute Gasteiger partial charge is 0.829 e. The Morgan fingerprint density at radius 2 is 1.52 bits per heavy atom. The van der Waals surface area contributed by atoms with Crippen LogP contribution in [-0.2, 0) is 9.47 Å². The molecular formula is C16H31NaO6. The van der Waals surface area contributed by atoms with E-state index in [0.717, 1.165) is 19.3 Å². The van der Waals surface area contributed by atoms with Crippen LogP contribution in [0.5, 0.6) is 0 Å². The van der Waals surface area contributed by atoms with Gasteiger partial charge in [0.15, 0.2) is 0 Å². The van der Waals surface area contributed by atoms with Crippen LogP contribution in [-0.4, -0.2) is 59.2 Å². The summed E-state index contributed by atoms with van der Waals surface area (Å²) >= 11 is 0. The van der Waals surface area contributed by atoms with Gasteiger partial charge in [0.25, 0.3) is 0 Å². The molecule has 23 heavy (non-hydrogen) atoms. The second-order valence-electron chi connectivity index (χ2n) is 6.02. The molecule has 1 saturated heterocycles. The molecule has 7 heteroatoms. The fourth-order valence-corrected chi connectivity index (χ4v) is 2.69. The van der Waals surface area contributed by atoms with Gasteiger partial charge in [0.1, 0.15) is 18.3 Å². The molecule has 132 valence electrons. The molecule has 3 N–H and O–H groups in total. The molecule has 1 rings (SSSR count). The Balaban J connectivity index is 0.00000484. The van der Waals surface area contributed by atoms with Crippen LogP contribution in [0.1, 0.15) is 58.3 Å². The van der Waals surface area contributed by atoms with Gasteiger partial charge in [-0.25, -0.2) is 0 Å². The number of hydrogen-bond acceptors (Lipinski definition) is 6. The molecule has 0 spiro atoms. The molecule has 1 heterocycles. The normalized spacial score (nSPS) is 30.9. The molecule has 0 radical (unpaired) electrons. The molecule has 1 aliphatic rings. The van der Waals surface area contributed by atoms with Gasteiger partial charge in [-0.3, -0.25) is 0 Å². The van der Waals surface area contributed by atoms with E-state index in [1.165, 1.54) is 32.1 Å². The third-order valence-corrected chi connectivity index (χ3v) is 4.13. The van der Waals surface area contributed by atoms with Crippen molar-refractivity contribution in [3.8, 4) is 0 Å². The molecule has 0 unspecified atom stereocenters. The van der Waals surface area contributed by atoms with Crippen molar-refractivity contribution in [1.82, 2.24) is 0 Å². The first-order chi connectivity index (χ1) is 10.6. The zero-order valence-corrected chi connectivity index (χ0v) is 16.5. The summed E-state index contributed by atoms with van der Waals surface area (Å²) in [4.78, 5) is 0. The number of unbranched alkanes of at least 4 members (excludes halogenated alkanes) is 7. The number of ether oxygens (including phenoxy) is 2. The molecule has 0 aromatic carbocycles. The van der Waals surface area contributed by atoms with Gasteiger partial charge < -0.3 is 29.9 Å². The molecule has 5 atom stereocenters. The summed E-state index contributed by atoms with van der Waals surface area (Å²) in [5.74, 6) is 0. The SMILES string of the molecule is CCCCCCCCCCO[C@@H]1[C@@H](O)[C@@H](O)[C@@H](CO)O[C@H]1[O-].[Na+]. The Morgan fingerprint density at radius 1 is 0.957 bits per heavy atom. The Kier molecular flexibility index (Phi) is 14.4. The maximum Gasteiger partial charge on any atom is 1.00 e. The first kappa shape index (κ1) is 23.8. The molecule has 1 fully saturated rings. The van der Waals surface area contributed by atoms with Crippen LogP contribution in [0.4, 0.5) is 0 Å². The van der Waals surface area contributed by atoms with Crippen LogP contribution < -0.4 is 34.7 Å². The molecule has 6 nitrogen and oxygen atoms in total. The van der Waals surface area contributed by atoms with Crippen molar-refractivity contribution in [3.63, 3.8) is 0 Å². The Morgan fingerprint density at radius 3 is 2.09 bits per heavy atom. The second-order valence-corrected chi connectivity index (χ2v) is 6.02. The van der Waals surface area contributed by atoms with Gasteiger partial charge in [0.2, 0.25) is 0 Å². The van der Waals surface area contributed by atoms with Gasteiger partial charge in [-0.05, 0) is 6.42 Å². The molecule has 0 amide bonds. The van der Waals surface area contributed by atoms with Gasteiger partial charge in [-0.1, -0.05) is 51.9 Å². The van der Waals surface area contributed by atoms with E-state index in [1.54, 1.807) is 0 Å². The molecule has 0 aromatic heterocycles. The van der Waals surface area contributed by atoms with E-state index < -0.39 is 37.3 Å². The molecule has 0 aliphatic carbocycles. The van der Waals surface area contributed by atoms with Crippen LogP contribution in [0.15, 0.2) is 0 Å². The van der Waals surface area contributed by atoms with Gasteiger partial charge in [0.05, 0.1) is 12.7 Å². The van der Waals surface area contributed by atoms with Gasteiger partial charge >= 0.3 is 29.6 Å². The van der Waals surface area contributed by atoms with Crippen LogP contribution in [0.2, 0.25) is 0 Å². The Labute approximate surface area is 161 Å². The molecule has 1 aliphatic heterocycles. The topological polar surface area (TPSA) is 102 Å². The summed E-state index contributed by atoms with van der Waals surface area (Å²) in [6, 6.07) is 0. The van der Waals surface area contributed by atoms with Crippen LogP contribution >= 0.6 is 0 Å². The predicted molar refractivity (Wildman–Crippen MR) is 80.1 cm³/mol. The standard InChI is InChI=1S/C16H31O6.Na/c1-2-3-4-5-6-7-8-9-10-21-15-14(19)13(18)12(11-17)22-16(15)20;/h12-19H,2-11H2,1H3;/q-1;+1/t12-,13+,14+,15-,16-;/m1./s1. The number of rotatable bonds is 11. The van der Waals surface area contributed by atoms with E-state index in [-0.39, 0.29) is 29.6 Å². The molecular weight excluding hydrogens is 311 g/mol. The monoisotopic (exact) mass is 342 g/mol. The van der Waals surface area contributed by atoms with Crippen molar-refractivity contribution in [1.29, 1.82) is 0 Å². The van der Waals surface area contributed by atoms with Crippen molar-refractivity contribution in [2.75, 3.05) is 13.2 Å². The van der Waals surface area contributed by atoms with E-state index in [0.29, 0.717) is 6.61 Å². The Hall–Kier alpha value is 0.760. The minimum Gasteiger partial charge on any atom is -0.829 e. The molecule has 0 bridgehead atoms. The first-order valence-corrected chi connectivity index (χ1v) is 8.51. The summed E-state index contributed by atoms with van der Waals surface area (Å²) in [6.07, 6.45) is 3.01. The summed E-state index contributed by atoms with van der Waals surface area (Å²) in [5, 5.41) is 40.3. The number of aliphatic hydroxyl groups excluding tert-OH is 3. The summed E-state index contributed by atoms with van der Waals surface area (Å²) < 4.78 is 10.3. The van der Waals surface area contributed by atoms with E-state index in [4.69, 9.17) is 14.6 Å². The minimum absolute atomic E-state index is 0. The first-order valence-electron chi connectivity index (χ1n) is 8.51. The van der Waals surface area contributed by atoms with Gasteiger partial charge in [-0.2, -0.15) is 0 Å². The van der Waals surface area contributed by atoms with Crippen molar-refractivity contribution < 1.29 is 59.5 Å². The maximum atomic E-state index is 11.7. The average Bonchev–Trinajstić information content (AvgIpc) is 2.52. The van der Waals surface area contributed by atoms with Crippen LogP contribution in [0.3, 0.4) is 0 Å². The maximum absolute atomic E-state index is 11.7. The third kappa shape index (κ3) is 8.61.